The normalized spacial score (nSPS) is 38.4. The number of hydrogen-bond acceptors (Lipinski definition) is 4. The van der Waals surface area contributed by atoms with E-state index < -0.39 is 80.1 Å². The third-order valence-electron chi connectivity index (χ3n) is 3.58. The smallest absolute Gasteiger partial charge is 0.231 e. The number of fused-ring (bicyclic) bond motifs is 1. The minimum atomic E-state index is -2.63. The second kappa shape index (κ2) is 6.69. The van der Waals surface area contributed by atoms with Crippen LogP contribution < -0.4 is 19.5 Å². The summed E-state index contributed by atoms with van der Waals surface area (Å²) in [5.74, 6) is -5.22. The predicted octanol–water partition coefficient (Wildman–Crippen LogP) is 3.33. The number of hydrogen-bond donors (Lipinski definition) is 1. The first-order valence-corrected chi connectivity index (χ1v) is 7.18. The summed E-state index contributed by atoms with van der Waals surface area (Å²) in [5, 5.41) is 2.16. The summed E-state index contributed by atoms with van der Waals surface area (Å²) in [7, 11) is 0. The molecule has 0 aromatic heterocycles. The van der Waals surface area contributed by atoms with Gasteiger partial charge in [-0.2, -0.15) is 0 Å². The van der Waals surface area contributed by atoms with Crippen molar-refractivity contribution in [1.82, 2.24) is 5.32 Å². The van der Waals surface area contributed by atoms with Gasteiger partial charge in [-0.05, 0) is 48.6 Å². The number of nitrogens with one attached hydrogen (secondary N) is 1. The monoisotopic (exact) mass is 340 g/mol. The van der Waals surface area contributed by atoms with E-state index in [0.29, 0.717) is 0 Å². The maximum Gasteiger partial charge on any atom is 0.231 e. The minimum absolute atomic E-state index is 0.0175. The lowest BCUT2D eigenvalue weighted by atomic mass is 9.81. The van der Waals surface area contributed by atoms with Gasteiger partial charge in [0.15, 0.2) is 11.5 Å². The minimum Gasteiger partial charge on any atom is -0.493 e. The van der Waals surface area contributed by atoms with Crippen LogP contribution in [0.3, 0.4) is 0 Å². The first kappa shape index (κ1) is 7.31. The van der Waals surface area contributed by atoms with Gasteiger partial charge in [0.2, 0.25) is 6.75 Å². The fourth-order valence-corrected chi connectivity index (χ4v) is 2.38. The quantitative estimate of drug-likeness (QED) is 0.927. The Labute approximate surface area is 156 Å². The zero-order valence-electron chi connectivity index (χ0n) is 23.3. The highest BCUT2D eigenvalue weighted by Gasteiger charge is 2.27. The van der Waals surface area contributed by atoms with Crippen LogP contribution in [0, 0.1) is 11.7 Å². The summed E-state index contributed by atoms with van der Waals surface area (Å²) in [4.78, 5) is 0. The van der Waals surface area contributed by atoms with E-state index >= 15 is 0 Å². The van der Waals surface area contributed by atoms with Crippen LogP contribution in [0.4, 0.5) is 4.39 Å². The van der Waals surface area contributed by atoms with Crippen molar-refractivity contribution in [3.63, 3.8) is 0 Å². The summed E-state index contributed by atoms with van der Waals surface area (Å²) < 4.78 is 119. The van der Waals surface area contributed by atoms with Crippen LogP contribution in [0.2, 0.25) is 0 Å². The zero-order chi connectivity index (χ0) is 26.1. The van der Waals surface area contributed by atoms with Gasteiger partial charge in [0, 0.05) is 25.3 Å². The van der Waals surface area contributed by atoms with Crippen molar-refractivity contribution in [2.45, 2.75) is 12.3 Å². The molecule has 2 aliphatic rings. The van der Waals surface area contributed by atoms with Gasteiger partial charge < -0.3 is 19.5 Å². The molecular weight excluding hydrogens is 309 g/mol. The van der Waals surface area contributed by atoms with Crippen LogP contribution in [-0.4, -0.2) is 26.3 Å². The van der Waals surface area contributed by atoms with Crippen LogP contribution in [0.5, 0.6) is 17.2 Å². The van der Waals surface area contributed by atoms with Gasteiger partial charge in [-0.3, -0.25) is 0 Å². The number of benzene rings is 2. The van der Waals surface area contributed by atoms with Crippen molar-refractivity contribution in [1.29, 1.82) is 0 Å². The molecule has 2 atom stereocenters. The Kier molecular flexibility index (Phi) is 2.04. The summed E-state index contributed by atoms with van der Waals surface area (Å²) in [6.45, 7) is -8.09. The van der Waals surface area contributed by atoms with E-state index in [1.165, 1.54) is 18.2 Å². The van der Waals surface area contributed by atoms with Crippen molar-refractivity contribution in [3.8, 4) is 17.2 Å². The lowest BCUT2D eigenvalue weighted by Gasteiger charge is -2.32. The van der Waals surface area contributed by atoms with Gasteiger partial charge >= 0.3 is 0 Å². The number of rotatable bonds is 4. The standard InChI is InChI=1S/C19H20FNO3/c20-15-3-1-13(2-4-15)17-7-8-21-10-14(17)11-22-16-5-6-18-19(9-16)24-12-23-18/h1-6,9,14,17,21H,7-8,10-12H2/t14-,17?/m0/s1/i1D,2D,3D,4D,8D2,10D2,12D2,17D. The van der Waals surface area contributed by atoms with Gasteiger partial charge in [0.25, 0.3) is 0 Å². The molecule has 4 nitrogen and oxygen atoms in total. The highest BCUT2D eigenvalue weighted by molar-refractivity contribution is 5.46. The molecule has 24 heavy (non-hydrogen) atoms. The summed E-state index contributed by atoms with van der Waals surface area (Å²) in [5.41, 5.74) is -0.643. The van der Waals surface area contributed by atoms with E-state index in [0.717, 1.165) is 0 Å². The molecule has 0 aliphatic carbocycles. The largest absolute Gasteiger partial charge is 0.493 e. The number of ether oxygens (including phenoxy) is 3. The van der Waals surface area contributed by atoms with E-state index in [4.69, 9.17) is 29.3 Å². The molecule has 0 amide bonds. The Morgan fingerprint density at radius 3 is 3.00 bits per heavy atom. The predicted molar refractivity (Wildman–Crippen MR) is 88.2 cm³/mol. The Morgan fingerprint density at radius 1 is 1.29 bits per heavy atom. The number of halogens is 1. The molecule has 0 bridgehead atoms. The highest BCUT2D eigenvalue weighted by Crippen LogP contribution is 2.36. The Morgan fingerprint density at radius 2 is 2.12 bits per heavy atom. The number of piperidine rings is 1. The Bertz CT molecular complexity index is 1170. The van der Waals surface area contributed by atoms with Crippen LogP contribution in [-0.2, 0) is 0 Å². The van der Waals surface area contributed by atoms with Gasteiger partial charge in [0.05, 0.1) is 12.1 Å². The second-order valence-electron chi connectivity index (χ2n) is 5.10. The molecule has 1 unspecified atom stereocenters. The molecular formula is C19H20FNO3. The highest BCUT2D eigenvalue weighted by atomic mass is 19.1. The van der Waals surface area contributed by atoms with Crippen molar-refractivity contribution >= 4 is 0 Å². The van der Waals surface area contributed by atoms with E-state index in [2.05, 4.69) is 5.32 Å². The summed E-state index contributed by atoms with van der Waals surface area (Å²) >= 11 is 0. The molecule has 2 aromatic carbocycles. The molecule has 4 rings (SSSR count). The molecule has 0 radical (unpaired) electrons. The van der Waals surface area contributed by atoms with Crippen molar-refractivity contribution in [3.05, 3.63) is 53.7 Å². The Balaban J connectivity index is 1.75. The SMILES string of the molecule is [2H]c1c([2H])c(C2([2H])CC([2H])([2H])NC([2H])([2H])[C@H]2COc2ccc3c(c2)OC([2H])([2H])O3)c([2H])c([2H])c1F. The molecule has 1 saturated heterocycles. The zero-order valence-corrected chi connectivity index (χ0v) is 12.3. The van der Waals surface area contributed by atoms with Gasteiger partial charge in [-0.25, -0.2) is 4.39 Å². The molecule has 1 N–H and O–H groups in total. The van der Waals surface area contributed by atoms with E-state index in [1.54, 1.807) is 0 Å². The third-order valence-corrected chi connectivity index (χ3v) is 3.58. The lowest BCUT2D eigenvalue weighted by molar-refractivity contribution is 0.173. The van der Waals surface area contributed by atoms with Gasteiger partial charge in [-0.1, -0.05) is 12.1 Å². The molecule has 5 heteroatoms. The average molecular weight is 340 g/mol. The van der Waals surface area contributed by atoms with Crippen molar-refractivity contribution in [2.24, 2.45) is 5.92 Å². The van der Waals surface area contributed by atoms with Crippen LogP contribution >= 0.6 is 0 Å². The molecule has 2 heterocycles. The van der Waals surface area contributed by atoms with Gasteiger partial charge in [-0.15, -0.1) is 0 Å². The van der Waals surface area contributed by atoms with Crippen molar-refractivity contribution < 1.29 is 33.7 Å². The van der Waals surface area contributed by atoms with Crippen LogP contribution in [0.25, 0.3) is 0 Å². The molecule has 0 saturated carbocycles. The van der Waals surface area contributed by atoms with Crippen LogP contribution in [0.15, 0.2) is 42.4 Å². The molecule has 1 fully saturated rings. The summed E-state index contributed by atoms with van der Waals surface area (Å²) in [6, 6.07) is 0.134. The Hall–Kier alpha value is -2.27. The van der Waals surface area contributed by atoms with E-state index in [-0.39, 0.29) is 17.2 Å². The molecule has 2 aliphatic heterocycles. The van der Waals surface area contributed by atoms with E-state index in [1.807, 2.05) is 0 Å². The topological polar surface area (TPSA) is 39.7 Å². The lowest BCUT2D eigenvalue weighted by Crippen LogP contribution is -2.38. The maximum atomic E-state index is 14.1. The van der Waals surface area contributed by atoms with Crippen molar-refractivity contribution in [2.75, 3.05) is 26.3 Å². The van der Waals surface area contributed by atoms with E-state index in [9.17, 15) is 4.39 Å². The molecule has 0 spiro atoms. The van der Waals surface area contributed by atoms with Gasteiger partial charge in [0.1, 0.15) is 14.3 Å². The first-order valence-electron chi connectivity index (χ1n) is 12.7. The second-order valence-corrected chi connectivity index (χ2v) is 5.10. The summed E-state index contributed by atoms with van der Waals surface area (Å²) in [6.07, 6.45) is -0.781. The molecule has 126 valence electrons. The fraction of sp³-hybridized carbons (Fsp3) is 0.368. The molecule has 2 aromatic rings. The third kappa shape index (κ3) is 3.17. The maximum absolute atomic E-state index is 14.1. The van der Waals surface area contributed by atoms with Crippen LogP contribution in [0.1, 0.15) is 33.0 Å². The fourth-order valence-electron chi connectivity index (χ4n) is 2.38. The average Bonchev–Trinajstić information content (AvgIpc) is 3.01. The first-order chi connectivity index (χ1) is 16.0.